The monoisotopic (exact) mass is 315 g/mol. The number of aromatic nitrogens is 2. The van der Waals surface area contributed by atoms with Gasteiger partial charge in [-0.1, -0.05) is 50.6 Å². The van der Waals surface area contributed by atoms with Crippen LogP contribution in [0.25, 0.3) is 11.3 Å². The van der Waals surface area contributed by atoms with E-state index in [2.05, 4.69) is 22.4 Å². The van der Waals surface area contributed by atoms with Crippen LogP contribution >= 0.6 is 0 Å². The number of hydrogen-bond acceptors (Lipinski definition) is 4. The van der Waals surface area contributed by atoms with Crippen LogP contribution in [0.15, 0.2) is 30.3 Å². The van der Waals surface area contributed by atoms with E-state index in [1.54, 1.807) is 0 Å². The fraction of sp³-hybridized carbons (Fsp3) is 0.444. The summed E-state index contributed by atoms with van der Waals surface area (Å²) < 4.78 is 5.23. The molecule has 5 nitrogen and oxygen atoms in total. The molecule has 0 unspecified atom stereocenters. The lowest BCUT2D eigenvalue weighted by Gasteiger charge is -2.08. The zero-order chi connectivity index (χ0) is 16.5. The van der Waals surface area contributed by atoms with Gasteiger partial charge in [0.05, 0.1) is 18.7 Å². The molecule has 0 atom stereocenters. The highest BCUT2D eigenvalue weighted by atomic mass is 16.5. The number of rotatable bonds is 9. The molecule has 23 heavy (non-hydrogen) atoms. The van der Waals surface area contributed by atoms with Crippen molar-refractivity contribution in [3.05, 3.63) is 35.9 Å². The van der Waals surface area contributed by atoms with Crippen LogP contribution in [-0.4, -0.2) is 29.3 Å². The highest BCUT2D eigenvalue weighted by Gasteiger charge is 2.18. The molecular weight excluding hydrogens is 290 g/mol. The first kappa shape index (κ1) is 17.1. The van der Waals surface area contributed by atoms with E-state index in [0.29, 0.717) is 6.61 Å². The lowest BCUT2D eigenvalue weighted by Crippen LogP contribution is -2.11. The van der Waals surface area contributed by atoms with Gasteiger partial charge in [-0.2, -0.15) is 5.10 Å². The summed E-state index contributed by atoms with van der Waals surface area (Å²) in [6.45, 7) is 5.42. The van der Waals surface area contributed by atoms with Gasteiger partial charge in [-0.3, -0.25) is 9.89 Å². The van der Waals surface area contributed by atoms with Crippen molar-refractivity contribution in [2.45, 2.75) is 39.5 Å². The molecule has 0 radical (unpaired) electrons. The minimum absolute atomic E-state index is 0.217. The molecule has 0 saturated heterocycles. The number of nitrogens with one attached hydrogen (secondary N) is 2. The summed E-state index contributed by atoms with van der Waals surface area (Å²) in [4.78, 5) is 12.0. The van der Waals surface area contributed by atoms with Crippen molar-refractivity contribution < 1.29 is 9.53 Å². The number of benzene rings is 1. The van der Waals surface area contributed by atoms with Crippen LogP contribution in [0.4, 0.5) is 5.82 Å². The van der Waals surface area contributed by atoms with Gasteiger partial charge in [-0.15, -0.1) is 0 Å². The third-order valence-corrected chi connectivity index (χ3v) is 3.54. The van der Waals surface area contributed by atoms with Crippen LogP contribution in [-0.2, 0) is 16.0 Å². The maximum atomic E-state index is 12.0. The number of hydrogen-bond donors (Lipinski definition) is 2. The van der Waals surface area contributed by atoms with Gasteiger partial charge in [-0.25, -0.2) is 0 Å². The minimum Gasteiger partial charge on any atom is -0.465 e. The molecular formula is C18H25N3O2. The topological polar surface area (TPSA) is 67.0 Å². The number of anilines is 1. The number of ether oxygens (including phenoxy) is 1. The Hall–Kier alpha value is -2.30. The molecule has 124 valence electrons. The molecule has 0 saturated carbocycles. The number of nitrogens with zero attached hydrogens (tertiary/aromatic N) is 1. The maximum absolute atomic E-state index is 12.0. The zero-order valence-electron chi connectivity index (χ0n) is 13.9. The third kappa shape index (κ3) is 4.84. The van der Waals surface area contributed by atoms with Crippen LogP contribution in [0.1, 0.15) is 38.7 Å². The second kappa shape index (κ2) is 8.98. The predicted molar refractivity (Wildman–Crippen MR) is 92.4 cm³/mol. The molecule has 5 heteroatoms. The second-order valence-electron chi connectivity index (χ2n) is 5.47. The van der Waals surface area contributed by atoms with Gasteiger partial charge in [0.25, 0.3) is 0 Å². The Balaban J connectivity index is 2.22. The van der Waals surface area contributed by atoms with Crippen molar-refractivity contribution in [2.24, 2.45) is 0 Å². The molecule has 2 aromatic rings. The normalized spacial score (nSPS) is 10.5. The van der Waals surface area contributed by atoms with E-state index in [4.69, 9.17) is 4.74 Å². The summed E-state index contributed by atoms with van der Waals surface area (Å²) in [5.41, 5.74) is 2.76. The van der Waals surface area contributed by atoms with E-state index in [1.807, 2.05) is 37.3 Å². The fourth-order valence-electron chi connectivity index (χ4n) is 2.32. The largest absolute Gasteiger partial charge is 0.465 e. The smallest absolute Gasteiger partial charge is 0.310 e. The molecule has 0 aliphatic carbocycles. The van der Waals surface area contributed by atoms with E-state index >= 15 is 0 Å². The average Bonchev–Trinajstić information content (AvgIpc) is 2.97. The van der Waals surface area contributed by atoms with Gasteiger partial charge >= 0.3 is 5.97 Å². The Labute approximate surface area is 137 Å². The first-order valence-electron chi connectivity index (χ1n) is 8.28. The summed E-state index contributed by atoms with van der Waals surface area (Å²) in [6.07, 6.45) is 3.21. The van der Waals surface area contributed by atoms with Crippen molar-refractivity contribution in [1.29, 1.82) is 0 Å². The van der Waals surface area contributed by atoms with Crippen molar-refractivity contribution in [2.75, 3.05) is 18.5 Å². The quantitative estimate of drug-likeness (QED) is 0.546. The summed E-state index contributed by atoms with van der Waals surface area (Å²) in [5, 5.41) is 10.7. The average molecular weight is 315 g/mol. The van der Waals surface area contributed by atoms with E-state index in [9.17, 15) is 4.79 Å². The standard InChI is InChI=1S/C18H25N3O2/c1-3-5-11-19-18-15(13-16(22)23-12-4-2)17(20-21-18)14-9-7-6-8-10-14/h6-10H,3-5,11-13H2,1-2H3,(H2,19,20,21). The molecule has 1 aromatic carbocycles. The van der Waals surface area contributed by atoms with Gasteiger partial charge < -0.3 is 10.1 Å². The Morgan fingerprint density at radius 1 is 1.22 bits per heavy atom. The molecule has 1 aromatic heterocycles. The van der Waals surface area contributed by atoms with Gasteiger partial charge in [0.1, 0.15) is 0 Å². The van der Waals surface area contributed by atoms with Crippen molar-refractivity contribution >= 4 is 11.8 Å². The maximum Gasteiger partial charge on any atom is 0.310 e. The molecule has 0 aliphatic rings. The van der Waals surface area contributed by atoms with Crippen molar-refractivity contribution in [3.63, 3.8) is 0 Å². The first-order chi connectivity index (χ1) is 11.3. The molecule has 2 N–H and O–H groups in total. The predicted octanol–water partition coefficient (Wildman–Crippen LogP) is 3.78. The van der Waals surface area contributed by atoms with E-state index in [-0.39, 0.29) is 12.4 Å². The van der Waals surface area contributed by atoms with Gasteiger partial charge in [-0.05, 0) is 18.4 Å². The van der Waals surface area contributed by atoms with E-state index in [1.165, 1.54) is 0 Å². The van der Waals surface area contributed by atoms with Gasteiger partial charge in [0, 0.05) is 12.1 Å². The van der Waals surface area contributed by atoms with Crippen LogP contribution in [0.2, 0.25) is 0 Å². The van der Waals surface area contributed by atoms with Crippen LogP contribution < -0.4 is 5.32 Å². The zero-order valence-corrected chi connectivity index (χ0v) is 13.9. The van der Waals surface area contributed by atoms with E-state index < -0.39 is 0 Å². The van der Waals surface area contributed by atoms with Crippen molar-refractivity contribution in [1.82, 2.24) is 10.2 Å². The summed E-state index contributed by atoms with van der Waals surface area (Å²) in [6, 6.07) is 9.92. The molecule has 0 aliphatic heterocycles. The molecule has 1 heterocycles. The van der Waals surface area contributed by atoms with Crippen LogP contribution in [0.5, 0.6) is 0 Å². The Kier molecular flexibility index (Phi) is 6.66. The summed E-state index contributed by atoms with van der Waals surface area (Å²) in [7, 11) is 0. The molecule has 0 spiro atoms. The molecule has 0 bridgehead atoms. The Morgan fingerprint density at radius 3 is 2.70 bits per heavy atom. The lowest BCUT2D eigenvalue weighted by molar-refractivity contribution is -0.142. The second-order valence-corrected chi connectivity index (χ2v) is 5.47. The SMILES string of the molecule is CCCCNc1n[nH]c(-c2ccccc2)c1CC(=O)OCCC. The minimum atomic E-state index is -0.219. The Bertz CT molecular complexity index is 608. The Morgan fingerprint density at radius 2 is 2.00 bits per heavy atom. The van der Waals surface area contributed by atoms with Crippen LogP contribution in [0.3, 0.4) is 0 Å². The number of aromatic amines is 1. The first-order valence-corrected chi connectivity index (χ1v) is 8.28. The summed E-state index contributed by atoms with van der Waals surface area (Å²) in [5.74, 6) is 0.523. The highest BCUT2D eigenvalue weighted by Crippen LogP contribution is 2.27. The number of carbonyl (C=O) groups excluding carboxylic acids is 1. The van der Waals surface area contributed by atoms with Gasteiger partial charge in [0.15, 0.2) is 5.82 Å². The van der Waals surface area contributed by atoms with Crippen LogP contribution in [0, 0.1) is 0 Å². The number of unbranched alkanes of at least 4 members (excludes halogenated alkanes) is 1. The fourth-order valence-corrected chi connectivity index (χ4v) is 2.32. The van der Waals surface area contributed by atoms with Crippen molar-refractivity contribution in [3.8, 4) is 11.3 Å². The molecule has 2 rings (SSSR count). The summed E-state index contributed by atoms with van der Waals surface area (Å²) >= 11 is 0. The molecule has 0 amide bonds. The number of carbonyl (C=O) groups is 1. The van der Waals surface area contributed by atoms with Gasteiger partial charge in [0.2, 0.25) is 0 Å². The van der Waals surface area contributed by atoms with E-state index in [0.717, 1.165) is 48.4 Å². The number of H-pyrrole nitrogens is 1. The lowest BCUT2D eigenvalue weighted by atomic mass is 10.1. The highest BCUT2D eigenvalue weighted by molar-refractivity contribution is 5.80. The number of esters is 1. The third-order valence-electron chi connectivity index (χ3n) is 3.54. The molecule has 0 fully saturated rings.